The van der Waals surface area contributed by atoms with E-state index in [9.17, 15) is 4.79 Å². The van der Waals surface area contributed by atoms with Gasteiger partial charge < -0.3 is 14.7 Å². The van der Waals surface area contributed by atoms with Crippen LogP contribution in [0, 0.1) is 0 Å². The molecule has 2 rings (SSSR count). The summed E-state index contributed by atoms with van der Waals surface area (Å²) in [6.07, 6.45) is 0.726. The fraction of sp³-hybridized carbons (Fsp3) is 0.300. The molecule has 0 bridgehead atoms. The largest absolute Gasteiger partial charge is 0.486 e. The van der Waals surface area contributed by atoms with Crippen molar-refractivity contribution in [3.05, 3.63) is 23.3 Å². The van der Waals surface area contributed by atoms with Gasteiger partial charge in [0.25, 0.3) is 0 Å². The Bertz CT molecular complexity index is 378. The van der Waals surface area contributed by atoms with Gasteiger partial charge in [-0.2, -0.15) is 0 Å². The first-order valence-corrected chi connectivity index (χ1v) is 4.60. The normalized spacial score (nSPS) is 13.7. The van der Waals surface area contributed by atoms with Gasteiger partial charge in [-0.1, -0.05) is 6.07 Å². The smallest absolute Gasteiger partial charge is 0.172 e. The average molecular weight is 209 g/mol. The van der Waals surface area contributed by atoms with E-state index in [4.69, 9.17) is 14.7 Å². The van der Waals surface area contributed by atoms with Crippen molar-refractivity contribution < 1.29 is 19.5 Å². The molecule has 0 amide bonds. The molecule has 0 spiro atoms. The number of hydroxylamine groups is 1. The van der Waals surface area contributed by atoms with Gasteiger partial charge in [-0.25, -0.2) is 5.48 Å². The SMILES string of the molecule is O=Cc1ccc(CNO)c2c1OCCO2. The Morgan fingerprint density at radius 3 is 2.73 bits per heavy atom. The van der Waals surface area contributed by atoms with Gasteiger partial charge in [-0.3, -0.25) is 4.79 Å². The number of carbonyl (C=O) groups excluding carboxylic acids is 1. The molecular formula is C10H11NO4. The Balaban J connectivity index is 2.47. The molecule has 1 heterocycles. The van der Waals surface area contributed by atoms with Crippen molar-refractivity contribution in [2.45, 2.75) is 6.54 Å². The van der Waals surface area contributed by atoms with Crippen LogP contribution in [0.3, 0.4) is 0 Å². The van der Waals surface area contributed by atoms with Crippen molar-refractivity contribution in [1.29, 1.82) is 0 Å². The Kier molecular flexibility index (Phi) is 2.84. The van der Waals surface area contributed by atoms with Crippen LogP contribution in [0.2, 0.25) is 0 Å². The first-order valence-electron chi connectivity index (χ1n) is 4.60. The van der Waals surface area contributed by atoms with Gasteiger partial charge in [0.05, 0.1) is 5.56 Å². The molecule has 5 heteroatoms. The molecular weight excluding hydrogens is 198 g/mol. The monoisotopic (exact) mass is 209 g/mol. The number of aldehydes is 1. The number of hydrogen-bond donors (Lipinski definition) is 2. The molecule has 1 aliphatic rings. The third kappa shape index (κ3) is 1.79. The van der Waals surface area contributed by atoms with Crippen LogP contribution >= 0.6 is 0 Å². The Hall–Kier alpha value is -1.59. The van der Waals surface area contributed by atoms with Gasteiger partial charge in [-0.15, -0.1) is 0 Å². The molecule has 0 aliphatic carbocycles. The number of rotatable bonds is 3. The summed E-state index contributed by atoms with van der Waals surface area (Å²) in [5, 5.41) is 8.63. The number of carbonyl (C=O) groups is 1. The van der Waals surface area contributed by atoms with Crippen molar-refractivity contribution in [2.75, 3.05) is 13.2 Å². The lowest BCUT2D eigenvalue weighted by atomic mass is 10.1. The molecule has 0 aromatic heterocycles. The zero-order valence-electron chi connectivity index (χ0n) is 8.03. The number of benzene rings is 1. The van der Waals surface area contributed by atoms with Crippen LogP contribution in [0.5, 0.6) is 11.5 Å². The van der Waals surface area contributed by atoms with Crippen molar-refractivity contribution in [1.82, 2.24) is 5.48 Å². The predicted molar refractivity (Wildman–Crippen MR) is 51.4 cm³/mol. The maximum absolute atomic E-state index is 10.7. The molecule has 15 heavy (non-hydrogen) atoms. The van der Waals surface area contributed by atoms with Crippen molar-refractivity contribution >= 4 is 6.29 Å². The highest BCUT2D eigenvalue weighted by Gasteiger charge is 2.19. The Morgan fingerprint density at radius 1 is 1.33 bits per heavy atom. The summed E-state index contributed by atoms with van der Waals surface area (Å²) < 4.78 is 10.8. The molecule has 0 radical (unpaired) electrons. The summed E-state index contributed by atoms with van der Waals surface area (Å²) in [5.74, 6) is 0.997. The second kappa shape index (κ2) is 4.29. The lowest BCUT2D eigenvalue weighted by Gasteiger charge is -2.22. The third-order valence-corrected chi connectivity index (χ3v) is 2.20. The first kappa shape index (κ1) is 9.95. The highest BCUT2D eigenvalue weighted by molar-refractivity contribution is 5.82. The van der Waals surface area contributed by atoms with E-state index in [-0.39, 0.29) is 6.54 Å². The van der Waals surface area contributed by atoms with Gasteiger partial charge in [0.15, 0.2) is 17.8 Å². The van der Waals surface area contributed by atoms with E-state index in [1.165, 1.54) is 0 Å². The van der Waals surface area contributed by atoms with Gasteiger partial charge >= 0.3 is 0 Å². The summed E-state index contributed by atoms with van der Waals surface area (Å²) in [7, 11) is 0. The van der Waals surface area contributed by atoms with Crippen LogP contribution in [-0.2, 0) is 6.54 Å². The van der Waals surface area contributed by atoms with Crippen LogP contribution in [0.15, 0.2) is 12.1 Å². The minimum atomic E-state index is 0.255. The molecule has 1 aliphatic heterocycles. The zero-order chi connectivity index (χ0) is 10.7. The second-order valence-electron chi connectivity index (χ2n) is 3.12. The van der Waals surface area contributed by atoms with Gasteiger partial charge in [-0.05, 0) is 6.07 Å². The quantitative estimate of drug-likeness (QED) is 0.568. The van der Waals surface area contributed by atoms with E-state index >= 15 is 0 Å². The molecule has 0 atom stereocenters. The summed E-state index contributed by atoms with van der Waals surface area (Å²) in [6, 6.07) is 3.37. The first-order chi connectivity index (χ1) is 7.36. The second-order valence-corrected chi connectivity index (χ2v) is 3.12. The van der Waals surface area contributed by atoms with E-state index in [1.807, 2.05) is 5.48 Å². The van der Waals surface area contributed by atoms with Crippen LogP contribution < -0.4 is 15.0 Å². The Labute approximate surface area is 86.6 Å². The summed E-state index contributed by atoms with van der Waals surface area (Å²) in [5.41, 5.74) is 3.27. The summed E-state index contributed by atoms with van der Waals surface area (Å²) in [6.45, 7) is 1.14. The number of fused-ring (bicyclic) bond motifs is 1. The summed E-state index contributed by atoms with van der Waals surface area (Å²) in [4.78, 5) is 10.7. The van der Waals surface area contributed by atoms with Crippen molar-refractivity contribution in [3.8, 4) is 11.5 Å². The maximum atomic E-state index is 10.7. The lowest BCUT2D eigenvalue weighted by molar-refractivity contribution is 0.111. The van der Waals surface area contributed by atoms with Crippen LogP contribution in [0.25, 0.3) is 0 Å². The van der Waals surface area contributed by atoms with Crippen LogP contribution in [-0.4, -0.2) is 24.7 Å². The number of hydrogen-bond acceptors (Lipinski definition) is 5. The van der Waals surface area contributed by atoms with Crippen LogP contribution in [0.1, 0.15) is 15.9 Å². The molecule has 0 fully saturated rings. The summed E-state index contributed by atoms with van der Waals surface area (Å²) >= 11 is 0. The van der Waals surface area contributed by atoms with Crippen molar-refractivity contribution in [3.63, 3.8) is 0 Å². The predicted octanol–water partition coefficient (Wildman–Crippen LogP) is 0.749. The van der Waals surface area contributed by atoms with E-state index < -0.39 is 0 Å². The minimum absolute atomic E-state index is 0.255. The van der Waals surface area contributed by atoms with Gasteiger partial charge in [0.2, 0.25) is 0 Å². The fourth-order valence-electron chi connectivity index (χ4n) is 1.53. The molecule has 0 unspecified atom stereocenters. The fourth-order valence-corrected chi connectivity index (χ4v) is 1.53. The van der Waals surface area contributed by atoms with Gasteiger partial charge in [0.1, 0.15) is 13.2 Å². The molecule has 2 N–H and O–H groups in total. The number of nitrogens with one attached hydrogen (secondary N) is 1. The molecule has 1 aromatic rings. The average Bonchev–Trinajstić information content (AvgIpc) is 2.30. The van der Waals surface area contributed by atoms with E-state index in [2.05, 4.69) is 0 Å². The number of ether oxygens (including phenoxy) is 2. The van der Waals surface area contributed by atoms with E-state index in [0.717, 1.165) is 11.8 Å². The molecule has 5 nitrogen and oxygen atoms in total. The lowest BCUT2D eigenvalue weighted by Crippen LogP contribution is -2.19. The Morgan fingerprint density at radius 2 is 2.07 bits per heavy atom. The highest BCUT2D eigenvalue weighted by atomic mass is 16.6. The van der Waals surface area contributed by atoms with Crippen LogP contribution in [0.4, 0.5) is 0 Å². The van der Waals surface area contributed by atoms with E-state index in [1.54, 1.807) is 12.1 Å². The zero-order valence-corrected chi connectivity index (χ0v) is 8.03. The molecule has 80 valence electrons. The standard InChI is InChI=1S/C10H11NO4/c12-6-8-2-1-7(5-11-13)9-10(8)15-4-3-14-9/h1-2,6,11,13H,3-5H2. The molecule has 0 saturated heterocycles. The molecule has 1 aromatic carbocycles. The third-order valence-electron chi connectivity index (χ3n) is 2.20. The maximum Gasteiger partial charge on any atom is 0.172 e. The highest BCUT2D eigenvalue weighted by Crippen LogP contribution is 2.36. The molecule has 0 saturated carbocycles. The topological polar surface area (TPSA) is 67.8 Å². The van der Waals surface area contributed by atoms with E-state index in [0.29, 0.717) is 30.3 Å². The minimum Gasteiger partial charge on any atom is -0.486 e. The van der Waals surface area contributed by atoms with Gasteiger partial charge in [0, 0.05) is 12.1 Å². The van der Waals surface area contributed by atoms with Crippen molar-refractivity contribution in [2.24, 2.45) is 0 Å².